The summed E-state index contributed by atoms with van der Waals surface area (Å²) >= 11 is 0. The van der Waals surface area contributed by atoms with E-state index in [1.165, 1.54) is 30.3 Å². The molecule has 0 saturated heterocycles. The van der Waals surface area contributed by atoms with Crippen molar-refractivity contribution < 1.29 is 19.1 Å². The Morgan fingerprint density at radius 2 is 1.50 bits per heavy atom. The number of nitrogen functional groups attached to an aromatic ring is 1. The first-order valence-corrected chi connectivity index (χ1v) is 7.17. The molecule has 5 heteroatoms. The first kappa shape index (κ1) is 17.0. The van der Waals surface area contributed by atoms with E-state index in [0.717, 1.165) is 5.56 Å². The van der Waals surface area contributed by atoms with E-state index in [4.69, 9.17) is 15.2 Å². The molecule has 0 aliphatic rings. The number of benzene rings is 2. The normalized spacial score (nSPS) is 10.4. The van der Waals surface area contributed by atoms with Crippen LogP contribution in [0.1, 0.15) is 12.5 Å². The van der Waals surface area contributed by atoms with Crippen molar-refractivity contribution in [1.29, 1.82) is 0 Å². The standard InChI is InChI=1S/C19H17NO4/c1-13(2)19(22)24-17-10-8-16(9-11-17)23-18(21)12-5-14-3-6-15(20)7-4-14/h3-12H,1,20H2,2H3/b12-5+. The van der Waals surface area contributed by atoms with Gasteiger partial charge in [0, 0.05) is 17.3 Å². The Balaban J connectivity index is 1.93. The van der Waals surface area contributed by atoms with Crippen LogP contribution in [0.15, 0.2) is 66.8 Å². The van der Waals surface area contributed by atoms with Crippen LogP contribution in [0.4, 0.5) is 5.69 Å². The van der Waals surface area contributed by atoms with Gasteiger partial charge in [0.1, 0.15) is 11.5 Å². The van der Waals surface area contributed by atoms with E-state index in [9.17, 15) is 9.59 Å². The first-order valence-electron chi connectivity index (χ1n) is 7.17. The zero-order chi connectivity index (χ0) is 17.5. The fourth-order valence-electron chi connectivity index (χ4n) is 1.69. The summed E-state index contributed by atoms with van der Waals surface area (Å²) in [6, 6.07) is 13.2. The fourth-order valence-corrected chi connectivity index (χ4v) is 1.69. The molecule has 0 spiro atoms. The Labute approximate surface area is 140 Å². The number of nitrogens with two attached hydrogens (primary N) is 1. The molecule has 0 aliphatic carbocycles. The molecule has 0 heterocycles. The van der Waals surface area contributed by atoms with Crippen molar-refractivity contribution in [3.8, 4) is 11.5 Å². The van der Waals surface area contributed by atoms with E-state index < -0.39 is 11.9 Å². The van der Waals surface area contributed by atoms with Gasteiger partial charge in [-0.05, 0) is 55.0 Å². The van der Waals surface area contributed by atoms with E-state index in [-0.39, 0.29) is 0 Å². The van der Waals surface area contributed by atoms with Crippen LogP contribution in [0.5, 0.6) is 11.5 Å². The predicted molar refractivity (Wildman–Crippen MR) is 92.4 cm³/mol. The number of hydrogen-bond acceptors (Lipinski definition) is 5. The van der Waals surface area contributed by atoms with E-state index in [2.05, 4.69) is 6.58 Å². The molecule has 0 aliphatic heterocycles. The number of esters is 2. The molecule has 5 nitrogen and oxygen atoms in total. The monoisotopic (exact) mass is 323 g/mol. The molecular weight excluding hydrogens is 306 g/mol. The maximum Gasteiger partial charge on any atom is 0.338 e. The number of hydrogen-bond donors (Lipinski definition) is 1. The molecule has 0 saturated carbocycles. The van der Waals surface area contributed by atoms with Crippen LogP contribution in [0.25, 0.3) is 6.08 Å². The molecule has 0 unspecified atom stereocenters. The second-order valence-electron chi connectivity index (χ2n) is 5.06. The fraction of sp³-hybridized carbons (Fsp3) is 0.0526. The Bertz CT molecular complexity index is 774. The highest BCUT2D eigenvalue weighted by atomic mass is 16.5. The van der Waals surface area contributed by atoms with E-state index >= 15 is 0 Å². The Morgan fingerprint density at radius 3 is 2.04 bits per heavy atom. The summed E-state index contributed by atoms with van der Waals surface area (Å²) < 4.78 is 10.2. The average Bonchev–Trinajstić information content (AvgIpc) is 2.56. The van der Waals surface area contributed by atoms with Crippen LogP contribution >= 0.6 is 0 Å². The van der Waals surface area contributed by atoms with Crippen molar-refractivity contribution in [3.63, 3.8) is 0 Å². The predicted octanol–water partition coefficient (Wildman–Crippen LogP) is 3.37. The number of anilines is 1. The van der Waals surface area contributed by atoms with Gasteiger partial charge in [-0.15, -0.1) is 0 Å². The maximum atomic E-state index is 11.8. The third kappa shape index (κ3) is 5.14. The number of carbonyl (C=O) groups is 2. The van der Waals surface area contributed by atoms with Gasteiger partial charge in [-0.3, -0.25) is 0 Å². The second-order valence-corrected chi connectivity index (χ2v) is 5.06. The SMILES string of the molecule is C=C(C)C(=O)Oc1ccc(OC(=O)/C=C/c2ccc(N)cc2)cc1. The Hall–Kier alpha value is -3.34. The van der Waals surface area contributed by atoms with Crippen LogP contribution in [0.2, 0.25) is 0 Å². The van der Waals surface area contributed by atoms with E-state index in [1.807, 2.05) is 0 Å². The van der Waals surface area contributed by atoms with Crippen LogP contribution < -0.4 is 15.2 Å². The summed E-state index contributed by atoms with van der Waals surface area (Å²) in [7, 11) is 0. The highest BCUT2D eigenvalue weighted by Crippen LogP contribution is 2.18. The van der Waals surface area contributed by atoms with Gasteiger partial charge in [0.15, 0.2) is 0 Å². The minimum atomic E-state index is -0.515. The molecule has 0 atom stereocenters. The van der Waals surface area contributed by atoms with Crippen LogP contribution in [0, 0.1) is 0 Å². The van der Waals surface area contributed by atoms with Gasteiger partial charge in [-0.25, -0.2) is 9.59 Å². The average molecular weight is 323 g/mol. The highest BCUT2D eigenvalue weighted by molar-refractivity contribution is 5.89. The molecule has 2 aromatic carbocycles. The van der Waals surface area contributed by atoms with Gasteiger partial charge in [0.05, 0.1) is 0 Å². The molecule has 0 fully saturated rings. The summed E-state index contributed by atoms with van der Waals surface area (Å²) in [5.74, 6) is -0.332. The van der Waals surface area contributed by atoms with Gasteiger partial charge >= 0.3 is 11.9 Å². The summed E-state index contributed by atoms with van der Waals surface area (Å²) in [6.07, 6.45) is 2.95. The number of rotatable bonds is 5. The largest absolute Gasteiger partial charge is 0.423 e. The lowest BCUT2D eigenvalue weighted by atomic mass is 10.2. The number of carbonyl (C=O) groups excluding carboxylic acids is 2. The summed E-state index contributed by atoms with van der Waals surface area (Å²) in [6.45, 7) is 5.06. The van der Waals surface area contributed by atoms with Crippen molar-refractivity contribution in [2.45, 2.75) is 6.92 Å². The minimum Gasteiger partial charge on any atom is -0.423 e. The lowest BCUT2D eigenvalue weighted by molar-refractivity contribution is -0.130. The first-order chi connectivity index (χ1) is 11.4. The van der Waals surface area contributed by atoms with E-state index in [1.54, 1.807) is 37.3 Å². The zero-order valence-corrected chi connectivity index (χ0v) is 13.2. The van der Waals surface area contributed by atoms with Gasteiger partial charge in [0.2, 0.25) is 0 Å². The Kier molecular flexibility index (Phi) is 5.52. The topological polar surface area (TPSA) is 78.6 Å². The molecule has 24 heavy (non-hydrogen) atoms. The molecule has 0 amide bonds. The molecule has 0 bridgehead atoms. The van der Waals surface area contributed by atoms with Gasteiger partial charge in [-0.1, -0.05) is 18.7 Å². The second kappa shape index (κ2) is 7.78. The van der Waals surface area contributed by atoms with Crippen LogP contribution in [-0.4, -0.2) is 11.9 Å². The van der Waals surface area contributed by atoms with Crippen molar-refractivity contribution in [2.75, 3.05) is 5.73 Å². The van der Waals surface area contributed by atoms with Crippen molar-refractivity contribution in [1.82, 2.24) is 0 Å². The van der Waals surface area contributed by atoms with Crippen molar-refractivity contribution in [3.05, 3.63) is 72.3 Å². The molecular formula is C19H17NO4. The molecule has 2 N–H and O–H groups in total. The van der Waals surface area contributed by atoms with Gasteiger partial charge in [-0.2, -0.15) is 0 Å². The van der Waals surface area contributed by atoms with Gasteiger partial charge in [0.25, 0.3) is 0 Å². The van der Waals surface area contributed by atoms with Crippen molar-refractivity contribution in [2.24, 2.45) is 0 Å². The number of ether oxygens (including phenoxy) is 2. The molecule has 2 aromatic rings. The summed E-state index contributed by atoms with van der Waals surface area (Å²) in [5.41, 5.74) is 7.39. The summed E-state index contributed by atoms with van der Waals surface area (Å²) in [5, 5.41) is 0. The van der Waals surface area contributed by atoms with Crippen LogP contribution in [0.3, 0.4) is 0 Å². The third-order valence-corrected chi connectivity index (χ3v) is 2.95. The maximum absolute atomic E-state index is 11.8. The van der Waals surface area contributed by atoms with Gasteiger partial charge < -0.3 is 15.2 Å². The molecule has 2 rings (SSSR count). The Morgan fingerprint density at radius 1 is 0.958 bits per heavy atom. The highest BCUT2D eigenvalue weighted by Gasteiger charge is 2.06. The molecule has 0 aromatic heterocycles. The quantitative estimate of drug-likeness (QED) is 0.395. The summed E-state index contributed by atoms with van der Waals surface area (Å²) in [4.78, 5) is 23.2. The lowest BCUT2D eigenvalue weighted by Crippen LogP contribution is -2.08. The minimum absolute atomic E-state index is 0.304. The molecule has 122 valence electrons. The van der Waals surface area contributed by atoms with Crippen molar-refractivity contribution >= 4 is 23.7 Å². The zero-order valence-electron chi connectivity index (χ0n) is 13.2. The van der Waals surface area contributed by atoms with E-state index in [0.29, 0.717) is 22.8 Å². The smallest absolute Gasteiger partial charge is 0.338 e. The molecule has 0 radical (unpaired) electrons. The third-order valence-electron chi connectivity index (χ3n) is 2.95. The lowest BCUT2D eigenvalue weighted by Gasteiger charge is -2.05. The van der Waals surface area contributed by atoms with Crippen LogP contribution in [-0.2, 0) is 9.59 Å².